The Morgan fingerprint density at radius 2 is 2.23 bits per heavy atom. The zero-order valence-electron chi connectivity index (χ0n) is 15.6. The molecule has 6 heteroatoms. The van der Waals surface area contributed by atoms with Gasteiger partial charge in [-0.15, -0.1) is 0 Å². The summed E-state index contributed by atoms with van der Waals surface area (Å²) in [6, 6.07) is 8.25. The van der Waals surface area contributed by atoms with Gasteiger partial charge in [0.1, 0.15) is 11.9 Å². The monoisotopic (exact) mass is 359 g/mol. The van der Waals surface area contributed by atoms with Crippen LogP contribution < -0.4 is 5.32 Å². The Labute approximate surface area is 154 Å². The van der Waals surface area contributed by atoms with Crippen LogP contribution in [0.3, 0.4) is 0 Å². The number of benzene rings is 1. The number of imidazole rings is 1. The Bertz CT molecular complexity index is 707. The van der Waals surface area contributed by atoms with Gasteiger partial charge < -0.3 is 19.4 Å². The number of hydrogen-bond acceptors (Lipinski definition) is 4. The van der Waals surface area contributed by atoms with E-state index in [9.17, 15) is 4.79 Å². The van der Waals surface area contributed by atoms with Crippen LogP contribution in [-0.2, 0) is 27.2 Å². The van der Waals surface area contributed by atoms with Crippen LogP contribution in [0.25, 0.3) is 11.0 Å². The second kappa shape index (κ2) is 9.69. The summed E-state index contributed by atoms with van der Waals surface area (Å²) in [7, 11) is 1.73. The van der Waals surface area contributed by atoms with Crippen LogP contribution in [0.15, 0.2) is 24.3 Å². The van der Waals surface area contributed by atoms with Crippen LogP contribution in [0.4, 0.5) is 0 Å². The average Bonchev–Trinajstić information content (AvgIpc) is 3.30. The molecule has 0 bridgehead atoms. The Balaban J connectivity index is 1.43. The van der Waals surface area contributed by atoms with E-state index >= 15 is 0 Å². The van der Waals surface area contributed by atoms with Gasteiger partial charge in [0, 0.05) is 33.2 Å². The lowest BCUT2D eigenvalue weighted by Crippen LogP contribution is -2.34. The first kappa shape index (κ1) is 18.9. The number of carbonyl (C=O) groups is 1. The van der Waals surface area contributed by atoms with Gasteiger partial charge in [0.25, 0.3) is 0 Å². The standard InChI is InChI=1S/C20H29N3O3/c1-25-15-13-23-17-9-5-4-8-16(17)22-19(23)11-3-2-6-12-21-20(24)18-10-7-14-26-18/h4-5,8-9,18H,2-3,6-7,10-15H2,1H3,(H,21,24). The van der Waals surface area contributed by atoms with Crippen molar-refractivity contribution in [3.63, 3.8) is 0 Å². The molecule has 142 valence electrons. The lowest BCUT2D eigenvalue weighted by Gasteiger charge is -2.10. The molecule has 0 radical (unpaired) electrons. The van der Waals surface area contributed by atoms with Crippen molar-refractivity contribution in [2.24, 2.45) is 0 Å². The van der Waals surface area contributed by atoms with E-state index in [2.05, 4.69) is 22.0 Å². The van der Waals surface area contributed by atoms with Crippen molar-refractivity contribution in [1.82, 2.24) is 14.9 Å². The third-order valence-corrected chi connectivity index (χ3v) is 4.85. The second-order valence-electron chi connectivity index (χ2n) is 6.76. The molecule has 1 aromatic carbocycles. The number of methoxy groups -OCH3 is 1. The number of fused-ring (bicyclic) bond motifs is 1. The maximum Gasteiger partial charge on any atom is 0.249 e. The molecule has 3 rings (SSSR count). The van der Waals surface area contributed by atoms with Crippen LogP contribution in [-0.4, -0.2) is 48.4 Å². The number of hydrogen-bond donors (Lipinski definition) is 1. The molecule has 6 nitrogen and oxygen atoms in total. The van der Waals surface area contributed by atoms with Crippen LogP contribution >= 0.6 is 0 Å². The van der Waals surface area contributed by atoms with Crippen molar-refractivity contribution in [3.05, 3.63) is 30.1 Å². The van der Waals surface area contributed by atoms with Crippen LogP contribution in [0.2, 0.25) is 0 Å². The number of aromatic nitrogens is 2. The van der Waals surface area contributed by atoms with E-state index in [1.807, 2.05) is 12.1 Å². The predicted molar refractivity (Wildman–Crippen MR) is 101 cm³/mol. The molecule has 1 aromatic heterocycles. The van der Waals surface area contributed by atoms with Crippen LogP contribution in [0, 0.1) is 0 Å². The number of carbonyl (C=O) groups excluding carboxylic acids is 1. The highest BCUT2D eigenvalue weighted by molar-refractivity contribution is 5.80. The number of aryl methyl sites for hydroxylation is 1. The SMILES string of the molecule is COCCn1c(CCCCCNC(=O)C2CCCO2)nc2ccccc21. The summed E-state index contributed by atoms with van der Waals surface area (Å²) in [5.41, 5.74) is 2.21. The van der Waals surface area contributed by atoms with Crippen LogP contribution in [0.5, 0.6) is 0 Å². The van der Waals surface area contributed by atoms with Crippen molar-refractivity contribution in [2.75, 3.05) is 26.9 Å². The molecule has 0 spiro atoms. The van der Waals surface area contributed by atoms with Gasteiger partial charge in [-0.05, 0) is 37.8 Å². The molecule has 0 saturated carbocycles. The minimum atomic E-state index is -0.226. The Morgan fingerprint density at radius 3 is 3.04 bits per heavy atom. The molecule has 1 N–H and O–H groups in total. The van der Waals surface area contributed by atoms with Crippen molar-refractivity contribution in [1.29, 1.82) is 0 Å². The molecular weight excluding hydrogens is 330 g/mol. The van der Waals surface area contributed by atoms with Gasteiger partial charge in [0.2, 0.25) is 5.91 Å². The summed E-state index contributed by atoms with van der Waals surface area (Å²) in [6.45, 7) is 2.94. The third-order valence-electron chi connectivity index (χ3n) is 4.85. The first-order chi connectivity index (χ1) is 12.8. The summed E-state index contributed by atoms with van der Waals surface area (Å²) in [5.74, 6) is 1.16. The minimum Gasteiger partial charge on any atom is -0.383 e. The highest BCUT2D eigenvalue weighted by Gasteiger charge is 2.22. The van der Waals surface area contributed by atoms with E-state index in [1.165, 1.54) is 5.52 Å². The molecule has 26 heavy (non-hydrogen) atoms. The summed E-state index contributed by atoms with van der Waals surface area (Å²) in [6.07, 6.45) is 5.67. The second-order valence-corrected chi connectivity index (χ2v) is 6.76. The van der Waals surface area contributed by atoms with E-state index in [0.717, 1.165) is 63.0 Å². The molecule has 1 atom stereocenters. The molecule has 0 aliphatic carbocycles. The van der Waals surface area contributed by atoms with Gasteiger partial charge >= 0.3 is 0 Å². The smallest absolute Gasteiger partial charge is 0.249 e. The summed E-state index contributed by atoms with van der Waals surface area (Å²) in [5, 5.41) is 2.98. The Morgan fingerprint density at radius 1 is 1.35 bits per heavy atom. The number of para-hydroxylation sites is 2. The van der Waals surface area contributed by atoms with Crippen molar-refractivity contribution in [3.8, 4) is 0 Å². The third kappa shape index (κ3) is 4.83. The van der Waals surface area contributed by atoms with Gasteiger partial charge in [-0.3, -0.25) is 4.79 Å². The van der Waals surface area contributed by atoms with E-state index in [-0.39, 0.29) is 12.0 Å². The molecule has 1 fully saturated rings. The molecule has 2 heterocycles. The van der Waals surface area contributed by atoms with E-state index in [4.69, 9.17) is 14.5 Å². The fraction of sp³-hybridized carbons (Fsp3) is 0.600. The quantitative estimate of drug-likeness (QED) is 0.663. The minimum absolute atomic E-state index is 0.0452. The zero-order valence-corrected chi connectivity index (χ0v) is 15.6. The lowest BCUT2D eigenvalue weighted by atomic mass is 10.2. The molecule has 1 aliphatic rings. The van der Waals surface area contributed by atoms with Gasteiger partial charge in [-0.25, -0.2) is 4.98 Å². The topological polar surface area (TPSA) is 65.4 Å². The molecule has 1 saturated heterocycles. The fourth-order valence-corrected chi connectivity index (χ4v) is 3.44. The predicted octanol–water partition coefficient (Wildman–Crippen LogP) is 2.69. The summed E-state index contributed by atoms with van der Waals surface area (Å²) in [4.78, 5) is 16.7. The van der Waals surface area contributed by atoms with Gasteiger partial charge in [-0.1, -0.05) is 18.6 Å². The van der Waals surface area contributed by atoms with E-state index in [0.29, 0.717) is 13.2 Å². The highest BCUT2D eigenvalue weighted by atomic mass is 16.5. The Kier molecular flexibility index (Phi) is 7.03. The maximum atomic E-state index is 11.9. The number of rotatable bonds is 10. The lowest BCUT2D eigenvalue weighted by molar-refractivity contribution is -0.130. The molecular formula is C20H29N3O3. The van der Waals surface area contributed by atoms with Crippen molar-refractivity contribution >= 4 is 16.9 Å². The molecule has 1 amide bonds. The number of nitrogens with zero attached hydrogens (tertiary/aromatic N) is 2. The highest BCUT2D eigenvalue weighted by Crippen LogP contribution is 2.18. The van der Waals surface area contributed by atoms with Crippen molar-refractivity contribution < 1.29 is 14.3 Å². The molecule has 1 unspecified atom stereocenters. The number of nitrogens with one attached hydrogen (secondary N) is 1. The molecule has 2 aromatic rings. The number of ether oxygens (including phenoxy) is 2. The van der Waals surface area contributed by atoms with Crippen LogP contribution in [0.1, 0.15) is 37.9 Å². The summed E-state index contributed by atoms with van der Waals surface area (Å²) >= 11 is 0. The van der Waals surface area contributed by atoms with Crippen molar-refractivity contribution in [2.45, 2.75) is 51.2 Å². The molecule has 1 aliphatic heterocycles. The average molecular weight is 359 g/mol. The Hall–Kier alpha value is -1.92. The van der Waals surface area contributed by atoms with Gasteiger partial charge in [0.05, 0.1) is 17.6 Å². The van der Waals surface area contributed by atoms with Gasteiger partial charge in [-0.2, -0.15) is 0 Å². The summed E-state index contributed by atoms with van der Waals surface area (Å²) < 4.78 is 12.9. The van der Waals surface area contributed by atoms with Gasteiger partial charge in [0.15, 0.2) is 0 Å². The fourth-order valence-electron chi connectivity index (χ4n) is 3.44. The number of unbranched alkanes of at least 4 members (excludes halogenated alkanes) is 2. The first-order valence-electron chi connectivity index (χ1n) is 9.62. The maximum absolute atomic E-state index is 11.9. The number of amides is 1. The largest absolute Gasteiger partial charge is 0.383 e. The van der Waals surface area contributed by atoms with E-state index < -0.39 is 0 Å². The zero-order chi connectivity index (χ0) is 18.2. The van der Waals surface area contributed by atoms with E-state index in [1.54, 1.807) is 7.11 Å². The normalized spacial score (nSPS) is 17.0. The first-order valence-corrected chi connectivity index (χ1v) is 9.62.